The zero-order valence-electron chi connectivity index (χ0n) is 14.6. The molecule has 1 atom stereocenters. The molecule has 0 saturated carbocycles. The number of nitriles is 1. The third kappa shape index (κ3) is 4.28. The Balaban J connectivity index is 1.83. The smallest absolute Gasteiger partial charge is 0.262 e. The molecule has 1 heterocycles. The van der Waals surface area contributed by atoms with Gasteiger partial charge >= 0.3 is 0 Å². The van der Waals surface area contributed by atoms with Crippen LogP contribution in [-0.2, 0) is 4.79 Å². The highest BCUT2D eigenvalue weighted by Gasteiger charge is 2.15. The molecule has 2 N–H and O–H groups in total. The molecule has 27 heavy (non-hydrogen) atoms. The average Bonchev–Trinajstić information content (AvgIpc) is 3.15. The molecule has 0 spiro atoms. The molecule has 3 rings (SSSR count). The number of carbonyl (C=O) groups is 1. The molecule has 0 bridgehead atoms. The maximum Gasteiger partial charge on any atom is 0.262 e. The molecule has 0 aliphatic carbocycles. The van der Waals surface area contributed by atoms with Gasteiger partial charge < -0.3 is 5.32 Å². The topological polar surface area (TPSA) is 81.6 Å². The number of rotatable bonds is 5. The second-order valence-electron chi connectivity index (χ2n) is 5.98. The number of nitrogens with zero attached hydrogens (tertiary/aromatic N) is 2. The van der Waals surface area contributed by atoms with Crippen molar-refractivity contribution in [2.24, 2.45) is 0 Å². The summed E-state index contributed by atoms with van der Waals surface area (Å²) in [7, 11) is 0. The average molecular weight is 360 g/mol. The third-order valence-corrected chi connectivity index (χ3v) is 4.11. The molecule has 6 heteroatoms. The number of nitrogens with one attached hydrogen (secondary N) is 2. The summed E-state index contributed by atoms with van der Waals surface area (Å²) < 4.78 is 13.1. The number of amides is 1. The Bertz CT molecular complexity index is 1000. The minimum absolute atomic E-state index is 0.0393. The Morgan fingerprint density at radius 1 is 1.22 bits per heavy atom. The van der Waals surface area contributed by atoms with Gasteiger partial charge in [-0.3, -0.25) is 9.89 Å². The first-order valence-electron chi connectivity index (χ1n) is 8.35. The fourth-order valence-electron chi connectivity index (χ4n) is 2.66. The van der Waals surface area contributed by atoms with Crippen LogP contribution in [0.2, 0.25) is 0 Å². The number of hydrogen-bond donors (Lipinski definition) is 2. The molecular weight excluding hydrogens is 343 g/mol. The molecule has 5 nitrogen and oxygen atoms in total. The Labute approximate surface area is 156 Å². The van der Waals surface area contributed by atoms with Crippen molar-refractivity contribution in [2.75, 3.05) is 0 Å². The lowest BCUT2D eigenvalue weighted by Crippen LogP contribution is -2.27. The second kappa shape index (κ2) is 8.11. The molecular formula is C21H17FN4O. The van der Waals surface area contributed by atoms with Crippen molar-refractivity contribution in [1.29, 1.82) is 5.26 Å². The van der Waals surface area contributed by atoms with Crippen LogP contribution in [-0.4, -0.2) is 16.1 Å². The minimum atomic E-state index is -0.472. The molecule has 0 aliphatic heterocycles. The van der Waals surface area contributed by atoms with E-state index in [-0.39, 0.29) is 17.4 Å². The van der Waals surface area contributed by atoms with Crippen LogP contribution in [0, 0.1) is 17.1 Å². The predicted molar refractivity (Wildman–Crippen MR) is 101 cm³/mol. The number of benzene rings is 2. The van der Waals surface area contributed by atoms with E-state index in [1.54, 1.807) is 12.1 Å². The van der Waals surface area contributed by atoms with Crippen LogP contribution in [0.4, 0.5) is 4.39 Å². The SMILES string of the molecule is C[C@H](NC(=O)/C(C#N)=C\c1cn[nH]c1-c1ccc(F)cc1)c1ccccc1. The summed E-state index contributed by atoms with van der Waals surface area (Å²) in [6, 6.07) is 17.1. The van der Waals surface area contributed by atoms with Crippen LogP contribution in [0.25, 0.3) is 17.3 Å². The number of halogens is 1. The standard InChI is InChI=1S/C21H17FN4O/c1-14(15-5-3-2-4-6-15)25-21(27)17(12-23)11-18-13-24-26-20(18)16-7-9-19(22)10-8-16/h2-11,13-14H,1H3,(H,24,26)(H,25,27)/b17-11-/t14-/m0/s1. The van der Waals surface area contributed by atoms with Crippen LogP contribution in [0.15, 0.2) is 66.4 Å². The Hall–Kier alpha value is -3.72. The first-order chi connectivity index (χ1) is 13.1. The predicted octanol–water partition coefficient (Wildman–Crippen LogP) is 4.00. The normalized spacial score (nSPS) is 12.3. The molecule has 0 fully saturated rings. The monoisotopic (exact) mass is 360 g/mol. The van der Waals surface area contributed by atoms with Gasteiger partial charge in [0.1, 0.15) is 17.5 Å². The van der Waals surface area contributed by atoms with E-state index in [2.05, 4.69) is 15.5 Å². The van der Waals surface area contributed by atoms with Crippen LogP contribution >= 0.6 is 0 Å². The molecule has 1 aromatic heterocycles. The Morgan fingerprint density at radius 2 is 1.93 bits per heavy atom. The minimum Gasteiger partial charge on any atom is -0.345 e. The summed E-state index contributed by atoms with van der Waals surface area (Å²) in [5.41, 5.74) is 2.78. The van der Waals surface area contributed by atoms with E-state index in [1.165, 1.54) is 24.4 Å². The zero-order chi connectivity index (χ0) is 19.2. The number of hydrogen-bond acceptors (Lipinski definition) is 3. The number of carbonyl (C=O) groups excluding carboxylic acids is 1. The third-order valence-electron chi connectivity index (χ3n) is 4.11. The fourth-order valence-corrected chi connectivity index (χ4v) is 2.66. The summed E-state index contributed by atoms with van der Waals surface area (Å²) >= 11 is 0. The molecule has 1 amide bonds. The lowest BCUT2D eigenvalue weighted by Gasteiger charge is -2.13. The summed E-state index contributed by atoms with van der Waals surface area (Å²) in [6.45, 7) is 1.85. The van der Waals surface area contributed by atoms with E-state index in [1.807, 2.05) is 43.3 Å². The van der Waals surface area contributed by atoms with Crippen LogP contribution < -0.4 is 5.32 Å². The second-order valence-corrected chi connectivity index (χ2v) is 5.98. The van der Waals surface area contributed by atoms with Gasteiger partial charge in [-0.1, -0.05) is 30.3 Å². The largest absolute Gasteiger partial charge is 0.345 e. The lowest BCUT2D eigenvalue weighted by molar-refractivity contribution is -0.117. The molecule has 2 aromatic carbocycles. The van der Waals surface area contributed by atoms with Crippen LogP contribution in [0.5, 0.6) is 0 Å². The van der Waals surface area contributed by atoms with Gasteiger partial charge in [0.05, 0.1) is 17.9 Å². The number of aromatic nitrogens is 2. The van der Waals surface area contributed by atoms with Crippen LogP contribution in [0.1, 0.15) is 24.1 Å². The van der Waals surface area contributed by atoms with Gasteiger partial charge in [-0.2, -0.15) is 10.4 Å². The van der Waals surface area contributed by atoms with Crippen LogP contribution in [0.3, 0.4) is 0 Å². The van der Waals surface area contributed by atoms with E-state index >= 15 is 0 Å². The van der Waals surface area contributed by atoms with Crippen molar-refractivity contribution in [3.8, 4) is 17.3 Å². The molecule has 0 radical (unpaired) electrons. The summed E-state index contributed by atoms with van der Waals surface area (Å²) in [5.74, 6) is -0.817. The Kier molecular flexibility index (Phi) is 5.43. The zero-order valence-corrected chi connectivity index (χ0v) is 14.6. The molecule has 134 valence electrons. The first-order valence-corrected chi connectivity index (χ1v) is 8.35. The molecule has 3 aromatic rings. The fraction of sp³-hybridized carbons (Fsp3) is 0.0952. The van der Waals surface area contributed by atoms with Gasteiger partial charge in [0, 0.05) is 11.1 Å². The van der Waals surface area contributed by atoms with Crippen molar-refractivity contribution in [3.05, 3.63) is 83.3 Å². The van der Waals surface area contributed by atoms with Gasteiger partial charge in [-0.05, 0) is 42.8 Å². The van der Waals surface area contributed by atoms with Crippen molar-refractivity contribution < 1.29 is 9.18 Å². The highest BCUT2D eigenvalue weighted by Crippen LogP contribution is 2.23. The van der Waals surface area contributed by atoms with E-state index in [0.717, 1.165) is 5.56 Å². The highest BCUT2D eigenvalue weighted by atomic mass is 19.1. The van der Waals surface area contributed by atoms with E-state index in [0.29, 0.717) is 16.8 Å². The quantitative estimate of drug-likeness (QED) is 0.533. The van der Waals surface area contributed by atoms with E-state index in [9.17, 15) is 14.4 Å². The lowest BCUT2D eigenvalue weighted by atomic mass is 10.0. The first kappa shape index (κ1) is 18.1. The maximum absolute atomic E-state index is 13.1. The maximum atomic E-state index is 13.1. The van der Waals surface area contributed by atoms with Gasteiger partial charge in [0.15, 0.2) is 0 Å². The highest BCUT2D eigenvalue weighted by molar-refractivity contribution is 6.02. The van der Waals surface area contributed by atoms with Gasteiger partial charge in [0.25, 0.3) is 5.91 Å². The molecule has 0 unspecified atom stereocenters. The molecule has 0 saturated heterocycles. The van der Waals surface area contributed by atoms with Crippen molar-refractivity contribution in [3.63, 3.8) is 0 Å². The van der Waals surface area contributed by atoms with Crippen molar-refractivity contribution in [1.82, 2.24) is 15.5 Å². The summed E-state index contributed by atoms with van der Waals surface area (Å²) in [6.07, 6.45) is 2.99. The van der Waals surface area contributed by atoms with Gasteiger partial charge in [0.2, 0.25) is 0 Å². The molecule has 0 aliphatic rings. The summed E-state index contributed by atoms with van der Waals surface area (Å²) in [4.78, 5) is 12.5. The van der Waals surface area contributed by atoms with E-state index < -0.39 is 5.91 Å². The van der Waals surface area contributed by atoms with E-state index in [4.69, 9.17) is 0 Å². The van der Waals surface area contributed by atoms with Crippen molar-refractivity contribution in [2.45, 2.75) is 13.0 Å². The number of aromatic amines is 1. The summed E-state index contributed by atoms with van der Waals surface area (Å²) in [5, 5.41) is 19.0. The Morgan fingerprint density at radius 3 is 2.59 bits per heavy atom. The number of H-pyrrole nitrogens is 1. The van der Waals surface area contributed by atoms with Crippen molar-refractivity contribution >= 4 is 12.0 Å². The van der Waals surface area contributed by atoms with Gasteiger partial charge in [-0.25, -0.2) is 4.39 Å². The van der Waals surface area contributed by atoms with Gasteiger partial charge in [-0.15, -0.1) is 0 Å².